The molecule has 12 heteroatoms. The van der Waals surface area contributed by atoms with Crippen molar-refractivity contribution < 1.29 is 23.9 Å². The molecule has 0 saturated carbocycles. The van der Waals surface area contributed by atoms with E-state index >= 15 is 0 Å². The first-order chi connectivity index (χ1) is 18.3. The number of rotatable bonds is 10. The predicted octanol–water partition coefficient (Wildman–Crippen LogP) is 4.98. The van der Waals surface area contributed by atoms with Gasteiger partial charge in [0, 0.05) is 11.4 Å². The number of nitrogens with one attached hydrogen (secondary N) is 1. The van der Waals surface area contributed by atoms with Crippen LogP contribution in [0.3, 0.4) is 0 Å². The minimum Gasteiger partial charge on any atom is -0.462 e. The van der Waals surface area contributed by atoms with Crippen LogP contribution in [0, 0.1) is 6.92 Å². The molecule has 1 N–H and O–H groups in total. The lowest BCUT2D eigenvalue weighted by atomic mass is 9.97. The Bertz CT molecular complexity index is 1470. The number of thioether (sulfide) groups is 1. The Morgan fingerprint density at radius 3 is 2.55 bits per heavy atom. The van der Waals surface area contributed by atoms with Crippen LogP contribution in [0.25, 0.3) is 10.2 Å². The van der Waals surface area contributed by atoms with Gasteiger partial charge in [-0.25, -0.2) is 14.6 Å². The Labute approximate surface area is 232 Å². The van der Waals surface area contributed by atoms with E-state index in [1.807, 2.05) is 0 Å². The molecule has 3 aromatic heterocycles. The van der Waals surface area contributed by atoms with Crippen molar-refractivity contribution in [2.75, 3.05) is 24.3 Å². The normalized spacial score (nSPS) is 12.7. The molecule has 0 aliphatic heterocycles. The van der Waals surface area contributed by atoms with Gasteiger partial charge in [-0.1, -0.05) is 17.8 Å². The highest BCUT2D eigenvalue weighted by Gasteiger charge is 2.28. The van der Waals surface area contributed by atoms with Crippen molar-refractivity contribution >= 4 is 67.5 Å². The van der Waals surface area contributed by atoms with Crippen LogP contribution in [-0.4, -0.2) is 46.4 Å². The SMILES string of the molecule is C=CCn1c(SCC(=O)Nc2sc(C(=O)OCC)c(C)c2C(=O)OCC)nc2sc3c(c2c1=O)CCCC3. The fourth-order valence-corrected chi connectivity index (χ4v) is 7.57. The van der Waals surface area contributed by atoms with Gasteiger partial charge in [-0.15, -0.1) is 29.3 Å². The van der Waals surface area contributed by atoms with Gasteiger partial charge in [-0.05, 0) is 57.6 Å². The summed E-state index contributed by atoms with van der Waals surface area (Å²) in [5.74, 6) is -1.68. The molecular formula is C26H29N3O6S3. The monoisotopic (exact) mass is 575 g/mol. The number of aromatic nitrogens is 2. The van der Waals surface area contributed by atoms with Crippen molar-refractivity contribution in [3.63, 3.8) is 0 Å². The summed E-state index contributed by atoms with van der Waals surface area (Å²) >= 11 is 3.66. The molecule has 0 radical (unpaired) electrons. The molecule has 0 saturated heterocycles. The Hall–Kier alpha value is -2.96. The molecule has 0 unspecified atom stereocenters. The van der Waals surface area contributed by atoms with Crippen LogP contribution in [0.4, 0.5) is 5.00 Å². The van der Waals surface area contributed by atoms with Crippen molar-refractivity contribution in [3.8, 4) is 0 Å². The van der Waals surface area contributed by atoms with Gasteiger partial charge in [0.15, 0.2) is 5.16 Å². The molecule has 9 nitrogen and oxygen atoms in total. The lowest BCUT2D eigenvalue weighted by Crippen LogP contribution is -2.24. The molecule has 0 spiro atoms. The standard InChI is InChI=1S/C26H29N3O6S3/c1-5-12-29-23(31)19-15-10-8-9-11-16(15)37-22(19)28-26(29)36-13-17(30)27-21-18(24(32)34-6-2)14(4)20(38-21)25(33)35-7-3/h5H,1,6-13H2,2-4H3,(H,27,30). The second-order valence-corrected chi connectivity index (χ2v) is 11.6. The van der Waals surface area contributed by atoms with E-state index in [1.54, 1.807) is 42.8 Å². The number of nitrogens with zero attached hydrogens (tertiary/aromatic N) is 2. The number of fused-ring (bicyclic) bond motifs is 3. The van der Waals surface area contributed by atoms with Gasteiger partial charge in [-0.3, -0.25) is 14.2 Å². The molecule has 4 rings (SSSR count). The number of ether oxygens (including phenoxy) is 2. The van der Waals surface area contributed by atoms with Crippen molar-refractivity contribution in [2.45, 2.75) is 58.2 Å². The Morgan fingerprint density at radius 2 is 1.84 bits per heavy atom. The maximum absolute atomic E-state index is 13.4. The minimum atomic E-state index is -0.631. The molecule has 1 aliphatic rings. The third-order valence-corrected chi connectivity index (χ3v) is 9.37. The van der Waals surface area contributed by atoms with E-state index in [9.17, 15) is 19.2 Å². The first-order valence-electron chi connectivity index (χ1n) is 12.4. The second kappa shape index (κ2) is 12.3. The number of aryl methyl sites for hydroxylation is 2. The summed E-state index contributed by atoms with van der Waals surface area (Å²) in [7, 11) is 0. The summed E-state index contributed by atoms with van der Waals surface area (Å²) < 4.78 is 11.8. The van der Waals surface area contributed by atoms with Crippen LogP contribution in [0.15, 0.2) is 22.6 Å². The van der Waals surface area contributed by atoms with E-state index in [1.165, 1.54) is 4.88 Å². The van der Waals surface area contributed by atoms with E-state index in [4.69, 9.17) is 14.5 Å². The molecular weight excluding hydrogens is 547 g/mol. The molecule has 1 aliphatic carbocycles. The third kappa shape index (κ3) is 5.57. The highest BCUT2D eigenvalue weighted by atomic mass is 32.2. The van der Waals surface area contributed by atoms with Crippen molar-refractivity contribution in [1.82, 2.24) is 9.55 Å². The molecule has 202 valence electrons. The number of hydrogen-bond acceptors (Lipinski definition) is 10. The van der Waals surface area contributed by atoms with Crippen LogP contribution in [0.1, 0.15) is 62.7 Å². The van der Waals surface area contributed by atoms with E-state index in [2.05, 4.69) is 11.9 Å². The Morgan fingerprint density at radius 1 is 1.13 bits per heavy atom. The quantitative estimate of drug-likeness (QED) is 0.156. The number of anilines is 1. The van der Waals surface area contributed by atoms with Gasteiger partial charge in [-0.2, -0.15) is 0 Å². The van der Waals surface area contributed by atoms with E-state index < -0.39 is 17.8 Å². The van der Waals surface area contributed by atoms with Gasteiger partial charge in [0.05, 0.1) is 29.9 Å². The van der Waals surface area contributed by atoms with Gasteiger partial charge in [0.2, 0.25) is 5.91 Å². The number of thiophene rings is 2. The van der Waals surface area contributed by atoms with Crippen LogP contribution in [0.5, 0.6) is 0 Å². The zero-order valence-electron chi connectivity index (χ0n) is 21.5. The molecule has 0 atom stereocenters. The fourth-order valence-electron chi connectivity index (χ4n) is 4.35. The molecule has 0 bridgehead atoms. The Balaban J connectivity index is 1.60. The summed E-state index contributed by atoms with van der Waals surface area (Å²) in [5, 5.41) is 4.06. The third-order valence-electron chi connectivity index (χ3n) is 6.02. The number of esters is 2. The summed E-state index contributed by atoms with van der Waals surface area (Å²) in [6, 6.07) is 0. The zero-order valence-corrected chi connectivity index (χ0v) is 24.0. The highest BCUT2D eigenvalue weighted by molar-refractivity contribution is 7.99. The number of amides is 1. The van der Waals surface area contributed by atoms with Gasteiger partial charge in [0.25, 0.3) is 5.56 Å². The average molecular weight is 576 g/mol. The summed E-state index contributed by atoms with van der Waals surface area (Å²) in [5.41, 5.74) is 1.52. The minimum absolute atomic E-state index is 0.0614. The summed E-state index contributed by atoms with van der Waals surface area (Å²) in [6.45, 7) is 9.36. The molecule has 3 heterocycles. The van der Waals surface area contributed by atoms with Crippen molar-refractivity contribution in [1.29, 1.82) is 0 Å². The molecule has 3 aromatic rings. The first kappa shape index (κ1) is 28.1. The van der Waals surface area contributed by atoms with Crippen LogP contribution >= 0.6 is 34.4 Å². The number of carbonyl (C=O) groups is 3. The van der Waals surface area contributed by atoms with Crippen molar-refractivity contribution in [2.24, 2.45) is 0 Å². The molecule has 0 aromatic carbocycles. The van der Waals surface area contributed by atoms with E-state index in [0.717, 1.165) is 54.3 Å². The smallest absolute Gasteiger partial charge is 0.348 e. The van der Waals surface area contributed by atoms with Crippen LogP contribution < -0.4 is 10.9 Å². The first-order valence-corrected chi connectivity index (χ1v) is 15.0. The molecule has 0 fully saturated rings. The van der Waals surface area contributed by atoms with Crippen molar-refractivity contribution in [3.05, 3.63) is 49.5 Å². The predicted molar refractivity (Wildman–Crippen MR) is 151 cm³/mol. The van der Waals surface area contributed by atoms with Gasteiger partial charge in [0.1, 0.15) is 14.7 Å². The van der Waals surface area contributed by atoms with Crippen LogP contribution in [-0.2, 0) is 33.7 Å². The number of hydrogen-bond donors (Lipinski definition) is 1. The largest absolute Gasteiger partial charge is 0.462 e. The van der Waals surface area contributed by atoms with Gasteiger partial charge < -0.3 is 14.8 Å². The molecule has 38 heavy (non-hydrogen) atoms. The highest BCUT2D eigenvalue weighted by Crippen LogP contribution is 2.36. The summed E-state index contributed by atoms with van der Waals surface area (Å²) in [6.07, 6.45) is 5.64. The maximum Gasteiger partial charge on any atom is 0.348 e. The topological polar surface area (TPSA) is 117 Å². The number of allylic oxidation sites excluding steroid dienone is 1. The lowest BCUT2D eigenvalue weighted by molar-refractivity contribution is -0.113. The Kier molecular flexibility index (Phi) is 9.06. The molecule has 1 amide bonds. The maximum atomic E-state index is 13.4. The summed E-state index contributed by atoms with van der Waals surface area (Å²) in [4.78, 5) is 58.3. The van der Waals surface area contributed by atoms with E-state index in [-0.39, 0.29) is 46.5 Å². The fraction of sp³-hybridized carbons (Fsp3) is 0.423. The second-order valence-electron chi connectivity index (χ2n) is 8.53. The average Bonchev–Trinajstić information content (AvgIpc) is 3.42. The zero-order chi connectivity index (χ0) is 27.4. The van der Waals surface area contributed by atoms with Crippen LogP contribution in [0.2, 0.25) is 0 Å². The number of carbonyl (C=O) groups excluding carboxylic acids is 3. The van der Waals surface area contributed by atoms with E-state index in [0.29, 0.717) is 20.9 Å². The lowest BCUT2D eigenvalue weighted by Gasteiger charge is -2.12. The van der Waals surface area contributed by atoms with Gasteiger partial charge >= 0.3 is 11.9 Å².